The van der Waals surface area contributed by atoms with Crippen molar-refractivity contribution >= 4 is 17.2 Å². The van der Waals surface area contributed by atoms with Crippen molar-refractivity contribution in [1.82, 2.24) is 9.88 Å². The van der Waals surface area contributed by atoms with Crippen molar-refractivity contribution in [2.45, 2.75) is 19.6 Å². The summed E-state index contributed by atoms with van der Waals surface area (Å²) in [6.07, 6.45) is 0.824. The number of hydrogen-bond acceptors (Lipinski definition) is 6. The Labute approximate surface area is 139 Å². The van der Waals surface area contributed by atoms with Crippen molar-refractivity contribution in [3.63, 3.8) is 0 Å². The van der Waals surface area contributed by atoms with Crippen LogP contribution in [-0.2, 0) is 6.54 Å². The van der Waals surface area contributed by atoms with E-state index in [9.17, 15) is 9.90 Å². The van der Waals surface area contributed by atoms with Gasteiger partial charge >= 0.3 is 0 Å². The second-order valence-electron chi connectivity index (χ2n) is 5.08. The number of aliphatic hydroxyl groups excluding tert-OH is 1. The molecule has 1 amide bonds. The predicted molar refractivity (Wildman–Crippen MR) is 88.1 cm³/mol. The third-order valence-electron chi connectivity index (χ3n) is 3.34. The molecule has 1 heterocycles. The van der Waals surface area contributed by atoms with Crippen LogP contribution in [0.5, 0.6) is 11.5 Å². The first kappa shape index (κ1) is 17.2. The second-order valence-corrected chi connectivity index (χ2v) is 6.14. The summed E-state index contributed by atoms with van der Waals surface area (Å²) in [5.74, 6) is 1.22. The number of ether oxygens (including phenoxy) is 2. The quantitative estimate of drug-likeness (QED) is 0.877. The monoisotopic (exact) mass is 336 g/mol. The van der Waals surface area contributed by atoms with Crippen LogP contribution >= 0.6 is 11.3 Å². The minimum Gasteiger partial charge on any atom is -0.497 e. The van der Waals surface area contributed by atoms with Crippen LogP contribution in [0.15, 0.2) is 24.4 Å². The Morgan fingerprint density at radius 1 is 1.39 bits per heavy atom. The van der Waals surface area contributed by atoms with Crippen LogP contribution in [0.2, 0.25) is 0 Å². The molecule has 0 unspecified atom stereocenters. The Hall–Kier alpha value is -2.12. The maximum Gasteiger partial charge on any atom is 0.265 e. The number of benzene rings is 1. The number of rotatable bonds is 6. The smallest absolute Gasteiger partial charge is 0.265 e. The number of thiazole rings is 1. The van der Waals surface area contributed by atoms with Crippen LogP contribution < -0.4 is 9.47 Å². The van der Waals surface area contributed by atoms with E-state index in [0.717, 1.165) is 5.56 Å². The third-order valence-corrected chi connectivity index (χ3v) is 4.50. The molecule has 2 aromatic rings. The molecular formula is C16H20N2O4S. The Bertz CT molecular complexity index is 684. The van der Waals surface area contributed by atoms with Crippen molar-refractivity contribution in [2.24, 2.45) is 0 Å². The van der Waals surface area contributed by atoms with Crippen LogP contribution in [0.3, 0.4) is 0 Å². The van der Waals surface area contributed by atoms with E-state index in [1.54, 1.807) is 39.2 Å². The van der Waals surface area contributed by atoms with E-state index in [1.165, 1.54) is 17.5 Å². The molecule has 1 atom stereocenters. The summed E-state index contributed by atoms with van der Waals surface area (Å²) in [6.45, 7) is 2.02. The molecule has 0 aliphatic rings. The Kier molecular flexibility index (Phi) is 5.57. The molecule has 7 heteroatoms. The summed E-state index contributed by atoms with van der Waals surface area (Å²) in [7, 11) is 4.89. The highest BCUT2D eigenvalue weighted by molar-refractivity contribution is 7.13. The molecule has 0 fully saturated rings. The van der Waals surface area contributed by atoms with Gasteiger partial charge in [-0.05, 0) is 19.1 Å². The first-order valence-electron chi connectivity index (χ1n) is 7.06. The molecule has 0 spiro atoms. The normalized spacial score (nSPS) is 11.9. The van der Waals surface area contributed by atoms with Gasteiger partial charge < -0.3 is 19.5 Å². The van der Waals surface area contributed by atoms with Gasteiger partial charge in [0.15, 0.2) is 0 Å². The zero-order valence-corrected chi connectivity index (χ0v) is 14.4. The molecule has 1 N–H and O–H groups in total. The van der Waals surface area contributed by atoms with E-state index < -0.39 is 6.10 Å². The van der Waals surface area contributed by atoms with E-state index in [-0.39, 0.29) is 5.91 Å². The fourth-order valence-corrected chi connectivity index (χ4v) is 2.93. The van der Waals surface area contributed by atoms with Gasteiger partial charge in [0.05, 0.1) is 20.4 Å². The van der Waals surface area contributed by atoms with Crippen molar-refractivity contribution in [1.29, 1.82) is 0 Å². The van der Waals surface area contributed by atoms with Crippen molar-refractivity contribution in [2.75, 3.05) is 21.3 Å². The SMILES string of the molecule is COc1ccc(CN(C)C(=O)c2cnc([C@H](C)O)s2)c(OC)c1. The number of hydrogen-bond donors (Lipinski definition) is 1. The molecule has 124 valence electrons. The Morgan fingerprint density at radius 2 is 2.13 bits per heavy atom. The number of carbonyl (C=O) groups is 1. The summed E-state index contributed by atoms with van der Waals surface area (Å²) < 4.78 is 10.5. The van der Waals surface area contributed by atoms with Gasteiger partial charge in [-0.3, -0.25) is 4.79 Å². The van der Waals surface area contributed by atoms with E-state index in [4.69, 9.17) is 9.47 Å². The lowest BCUT2D eigenvalue weighted by molar-refractivity contribution is 0.0788. The number of amides is 1. The summed E-state index contributed by atoms with van der Waals surface area (Å²) >= 11 is 1.20. The lowest BCUT2D eigenvalue weighted by Gasteiger charge is -2.18. The van der Waals surface area contributed by atoms with Crippen LogP contribution in [0.1, 0.15) is 33.3 Å². The molecule has 0 aliphatic heterocycles. The number of aromatic nitrogens is 1. The molecule has 2 rings (SSSR count). The zero-order valence-electron chi connectivity index (χ0n) is 13.6. The standard InChI is InChI=1S/C16H20N2O4S/c1-10(19)15-17-8-14(23-15)16(20)18(2)9-11-5-6-12(21-3)7-13(11)22-4/h5-8,10,19H,9H2,1-4H3/t10-/m0/s1. The highest BCUT2D eigenvalue weighted by Crippen LogP contribution is 2.26. The van der Waals surface area contributed by atoms with Crippen LogP contribution in [0.25, 0.3) is 0 Å². The van der Waals surface area contributed by atoms with Crippen molar-refractivity contribution < 1.29 is 19.4 Å². The molecule has 0 radical (unpaired) electrons. The maximum absolute atomic E-state index is 12.5. The number of methoxy groups -OCH3 is 2. The average Bonchev–Trinajstić information content (AvgIpc) is 3.04. The maximum atomic E-state index is 12.5. The first-order valence-corrected chi connectivity index (χ1v) is 7.88. The molecule has 0 aliphatic carbocycles. The summed E-state index contributed by atoms with van der Waals surface area (Å²) in [5, 5.41) is 10.0. The van der Waals surface area contributed by atoms with E-state index in [0.29, 0.717) is 27.9 Å². The van der Waals surface area contributed by atoms with Gasteiger partial charge in [0.2, 0.25) is 0 Å². The molecule has 0 saturated heterocycles. The molecule has 6 nitrogen and oxygen atoms in total. The molecular weight excluding hydrogens is 316 g/mol. The summed E-state index contributed by atoms with van der Waals surface area (Å²) in [4.78, 5) is 18.6. The van der Waals surface area contributed by atoms with E-state index in [1.807, 2.05) is 12.1 Å². The molecule has 0 bridgehead atoms. The zero-order chi connectivity index (χ0) is 17.0. The highest BCUT2D eigenvalue weighted by atomic mass is 32.1. The minimum absolute atomic E-state index is 0.146. The van der Waals surface area contributed by atoms with E-state index >= 15 is 0 Å². The van der Waals surface area contributed by atoms with Gasteiger partial charge in [-0.25, -0.2) is 4.98 Å². The lowest BCUT2D eigenvalue weighted by atomic mass is 10.1. The molecule has 1 aromatic carbocycles. The van der Waals surface area contributed by atoms with Crippen molar-refractivity contribution in [3.05, 3.63) is 39.8 Å². The van der Waals surface area contributed by atoms with Gasteiger partial charge in [-0.2, -0.15) is 0 Å². The third kappa shape index (κ3) is 4.00. The summed E-state index contributed by atoms with van der Waals surface area (Å²) in [5.41, 5.74) is 0.879. The Morgan fingerprint density at radius 3 is 2.70 bits per heavy atom. The van der Waals surface area contributed by atoms with Crippen LogP contribution in [0.4, 0.5) is 0 Å². The van der Waals surface area contributed by atoms with Gasteiger partial charge in [-0.1, -0.05) is 0 Å². The fraction of sp³-hybridized carbons (Fsp3) is 0.375. The number of nitrogens with zero attached hydrogens (tertiary/aromatic N) is 2. The van der Waals surface area contributed by atoms with Crippen LogP contribution in [0, 0.1) is 0 Å². The van der Waals surface area contributed by atoms with Gasteiger partial charge in [0, 0.05) is 25.2 Å². The van der Waals surface area contributed by atoms with Gasteiger partial charge in [0.1, 0.15) is 27.5 Å². The van der Waals surface area contributed by atoms with Crippen molar-refractivity contribution in [3.8, 4) is 11.5 Å². The fourth-order valence-electron chi connectivity index (χ4n) is 2.08. The molecule has 23 heavy (non-hydrogen) atoms. The van der Waals surface area contributed by atoms with E-state index in [2.05, 4.69) is 4.98 Å². The largest absolute Gasteiger partial charge is 0.497 e. The summed E-state index contributed by atoms with van der Waals surface area (Å²) in [6, 6.07) is 5.48. The lowest BCUT2D eigenvalue weighted by Crippen LogP contribution is -2.25. The van der Waals surface area contributed by atoms with Gasteiger partial charge in [0.25, 0.3) is 5.91 Å². The predicted octanol–water partition coefficient (Wildman–Crippen LogP) is 2.49. The number of aliphatic hydroxyl groups is 1. The Balaban J connectivity index is 2.14. The van der Waals surface area contributed by atoms with Gasteiger partial charge in [-0.15, -0.1) is 11.3 Å². The first-order chi connectivity index (χ1) is 11.0. The highest BCUT2D eigenvalue weighted by Gasteiger charge is 2.18. The molecule has 0 saturated carbocycles. The van der Waals surface area contributed by atoms with Crippen LogP contribution in [-0.4, -0.2) is 42.2 Å². The number of carbonyl (C=O) groups excluding carboxylic acids is 1. The average molecular weight is 336 g/mol. The molecule has 1 aromatic heterocycles. The topological polar surface area (TPSA) is 71.9 Å². The second kappa shape index (κ2) is 7.43. The minimum atomic E-state index is -0.673.